The summed E-state index contributed by atoms with van der Waals surface area (Å²) in [7, 11) is 0. The van der Waals surface area contributed by atoms with E-state index >= 15 is 0 Å². The van der Waals surface area contributed by atoms with Crippen LogP contribution >= 0.6 is 0 Å². The summed E-state index contributed by atoms with van der Waals surface area (Å²) >= 11 is 0. The van der Waals surface area contributed by atoms with Crippen LogP contribution < -0.4 is 11.1 Å². The molecule has 0 fully saturated rings. The van der Waals surface area contributed by atoms with Gasteiger partial charge in [-0.3, -0.25) is 5.32 Å². The fraction of sp³-hybridized carbons (Fsp3) is 0.533. The van der Waals surface area contributed by atoms with Crippen molar-refractivity contribution in [2.45, 2.75) is 52.2 Å². The molecular formula is C15H23FN2O2. The molecule has 5 heteroatoms. The maximum absolute atomic E-state index is 13.9. The molecule has 0 heterocycles. The van der Waals surface area contributed by atoms with Gasteiger partial charge in [0, 0.05) is 11.7 Å². The molecule has 0 unspecified atom stereocenters. The van der Waals surface area contributed by atoms with E-state index in [1.807, 2.05) is 6.92 Å². The summed E-state index contributed by atoms with van der Waals surface area (Å²) in [5, 5.41) is 2.51. The van der Waals surface area contributed by atoms with Gasteiger partial charge >= 0.3 is 6.09 Å². The van der Waals surface area contributed by atoms with Crippen molar-refractivity contribution in [1.82, 2.24) is 0 Å². The van der Waals surface area contributed by atoms with Gasteiger partial charge in [0.25, 0.3) is 0 Å². The summed E-state index contributed by atoms with van der Waals surface area (Å²) in [6, 6.07) is 4.64. The molecule has 1 atom stereocenters. The molecule has 0 radical (unpaired) electrons. The number of rotatable bonds is 4. The van der Waals surface area contributed by atoms with Crippen molar-refractivity contribution in [3.63, 3.8) is 0 Å². The van der Waals surface area contributed by atoms with Crippen molar-refractivity contribution in [1.29, 1.82) is 0 Å². The van der Waals surface area contributed by atoms with Gasteiger partial charge in [-0.1, -0.05) is 6.07 Å². The Hall–Kier alpha value is -1.62. The lowest BCUT2D eigenvalue weighted by atomic mass is 10.1. The van der Waals surface area contributed by atoms with Gasteiger partial charge in [-0.05, 0) is 58.2 Å². The number of nitrogens with two attached hydrogens (primary N) is 1. The third-order valence-corrected chi connectivity index (χ3v) is 2.57. The van der Waals surface area contributed by atoms with E-state index in [2.05, 4.69) is 5.32 Å². The number of amides is 1. The maximum Gasteiger partial charge on any atom is 0.412 e. The molecule has 0 saturated heterocycles. The van der Waals surface area contributed by atoms with E-state index in [-0.39, 0.29) is 11.9 Å². The standard InChI is InChI=1S/C15H23FN2O2/c1-10(17)5-6-11-7-8-12(9-13(11)16)18-14(19)20-15(2,3)4/h7-10H,5-6,17H2,1-4H3,(H,18,19)/t10-/m1/s1. The highest BCUT2D eigenvalue weighted by Gasteiger charge is 2.16. The van der Waals surface area contributed by atoms with Crippen LogP contribution in [0.5, 0.6) is 0 Å². The van der Waals surface area contributed by atoms with Crippen LogP contribution in [-0.4, -0.2) is 17.7 Å². The zero-order chi connectivity index (χ0) is 15.3. The smallest absolute Gasteiger partial charge is 0.412 e. The second-order valence-electron chi connectivity index (χ2n) is 5.95. The molecule has 0 spiro atoms. The van der Waals surface area contributed by atoms with Crippen LogP contribution in [-0.2, 0) is 11.2 Å². The minimum atomic E-state index is -0.597. The van der Waals surface area contributed by atoms with Gasteiger partial charge in [0.05, 0.1) is 0 Å². The predicted molar refractivity (Wildman–Crippen MR) is 78.2 cm³/mol. The number of nitrogens with one attached hydrogen (secondary N) is 1. The summed E-state index contributed by atoms with van der Waals surface area (Å²) in [6.45, 7) is 7.19. The molecule has 0 aromatic heterocycles. The SMILES string of the molecule is C[C@@H](N)CCc1ccc(NC(=O)OC(C)(C)C)cc1F. The summed E-state index contributed by atoms with van der Waals surface area (Å²) in [4.78, 5) is 11.6. The largest absolute Gasteiger partial charge is 0.444 e. The van der Waals surface area contributed by atoms with Gasteiger partial charge < -0.3 is 10.5 Å². The maximum atomic E-state index is 13.9. The van der Waals surface area contributed by atoms with E-state index in [1.54, 1.807) is 32.9 Å². The summed E-state index contributed by atoms with van der Waals surface area (Å²) in [5.74, 6) is -0.348. The molecule has 0 saturated carbocycles. The molecule has 1 aromatic carbocycles. The quantitative estimate of drug-likeness (QED) is 0.889. The minimum Gasteiger partial charge on any atom is -0.444 e. The minimum absolute atomic E-state index is 0.0361. The number of carbonyl (C=O) groups is 1. The van der Waals surface area contributed by atoms with Crippen LogP contribution in [0.4, 0.5) is 14.9 Å². The van der Waals surface area contributed by atoms with Crippen molar-refractivity contribution in [3.05, 3.63) is 29.6 Å². The van der Waals surface area contributed by atoms with Crippen LogP contribution in [0.25, 0.3) is 0 Å². The molecule has 0 aliphatic heterocycles. The number of halogens is 1. The number of benzene rings is 1. The molecule has 0 bridgehead atoms. The lowest BCUT2D eigenvalue weighted by molar-refractivity contribution is 0.0636. The Morgan fingerprint density at radius 2 is 2.10 bits per heavy atom. The first-order chi connectivity index (χ1) is 9.17. The Kier molecular flexibility index (Phi) is 5.51. The number of aryl methyl sites for hydroxylation is 1. The van der Waals surface area contributed by atoms with E-state index in [1.165, 1.54) is 6.07 Å². The topological polar surface area (TPSA) is 64.3 Å². The van der Waals surface area contributed by atoms with E-state index in [0.29, 0.717) is 17.7 Å². The lowest BCUT2D eigenvalue weighted by Crippen LogP contribution is -2.27. The molecule has 4 nitrogen and oxygen atoms in total. The van der Waals surface area contributed by atoms with Crippen molar-refractivity contribution in [2.75, 3.05) is 5.32 Å². The average Bonchev–Trinajstić information content (AvgIpc) is 2.24. The fourth-order valence-electron chi connectivity index (χ4n) is 1.63. The highest BCUT2D eigenvalue weighted by molar-refractivity contribution is 5.84. The van der Waals surface area contributed by atoms with Gasteiger partial charge in [-0.2, -0.15) is 0 Å². The molecule has 0 aliphatic carbocycles. The second-order valence-corrected chi connectivity index (χ2v) is 5.95. The van der Waals surface area contributed by atoms with Crippen LogP contribution in [0.1, 0.15) is 39.7 Å². The van der Waals surface area contributed by atoms with E-state index in [0.717, 1.165) is 6.42 Å². The van der Waals surface area contributed by atoms with Crippen molar-refractivity contribution in [2.24, 2.45) is 5.73 Å². The Balaban J connectivity index is 2.65. The summed E-state index contributed by atoms with van der Waals surface area (Å²) < 4.78 is 19.0. The Morgan fingerprint density at radius 1 is 1.45 bits per heavy atom. The molecule has 1 aromatic rings. The molecule has 1 amide bonds. The molecule has 20 heavy (non-hydrogen) atoms. The van der Waals surface area contributed by atoms with E-state index < -0.39 is 11.7 Å². The Bertz CT molecular complexity index is 467. The van der Waals surface area contributed by atoms with Crippen molar-refractivity contribution >= 4 is 11.8 Å². The summed E-state index contributed by atoms with van der Waals surface area (Å²) in [5.41, 5.74) is 6.04. The van der Waals surface area contributed by atoms with Gasteiger partial charge in [-0.25, -0.2) is 9.18 Å². The first kappa shape index (κ1) is 16.4. The second kappa shape index (κ2) is 6.70. The average molecular weight is 282 g/mol. The predicted octanol–water partition coefficient (Wildman–Crippen LogP) is 3.45. The number of hydrogen-bond acceptors (Lipinski definition) is 3. The fourth-order valence-corrected chi connectivity index (χ4v) is 1.63. The Morgan fingerprint density at radius 3 is 2.60 bits per heavy atom. The van der Waals surface area contributed by atoms with Gasteiger partial charge in [0.2, 0.25) is 0 Å². The van der Waals surface area contributed by atoms with Gasteiger partial charge in [0.15, 0.2) is 0 Å². The zero-order valence-electron chi connectivity index (χ0n) is 12.5. The number of carbonyl (C=O) groups excluding carboxylic acids is 1. The molecule has 112 valence electrons. The van der Waals surface area contributed by atoms with Crippen molar-refractivity contribution in [3.8, 4) is 0 Å². The van der Waals surface area contributed by atoms with Crippen LogP contribution in [0.15, 0.2) is 18.2 Å². The van der Waals surface area contributed by atoms with Gasteiger partial charge in [0.1, 0.15) is 11.4 Å². The first-order valence-corrected chi connectivity index (χ1v) is 6.71. The molecule has 1 rings (SSSR count). The van der Waals surface area contributed by atoms with E-state index in [9.17, 15) is 9.18 Å². The Labute approximate surface area is 119 Å². The van der Waals surface area contributed by atoms with Gasteiger partial charge in [-0.15, -0.1) is 0 Å². The number of anilines is 1. The highest BCUT2D eigenvalue weighted by atomic mass is 19.1. The normalized spacial score (nSPS) is 12.9. The highest BCUT2D eigenvalue weighted by Crippen LogP contribution is 2.17. The number of hydrogen-bond donors (Lipinski definition) is 2. The lowest BCUT2D eigenvalue weighted by Gasteiger charge is -2.19. The van der Waals surface area contributed by atoms with Crippen LogP contribution in [0, 0.1) is 5.82 Å². The zero-order valence-corrected chi connectivity index (χ0v) is 12.5. The third-order valence-electron chi connectivity index (χ3n) is 2.57. The first-order valence-electron chi connectivity index (χ1n) is 6.71. The molecule has 3 N–H and O–H groups in total. The molecule has 0 aliphatic rings. The van der Waals surface area contributed by atoms with Crippen LogP contribution in [0.3, 0.4) is 0 Å². The summed E-state index contributed by atoms with van der Waals surface area (Å²) in [6.07, 6.45) is 0.701. The third kappa shape index (κ3) is 6.02. The van der Waals surface area contributed by atoms with E-state index in [4.69, 9.17) is 10.5 Å². The van der Waals surface area contributed by atoms with Crippen LogP contribution in [0.2, 0.25) is 0 Å². The monoisotopic (exact) mass is 282 g/mol. The van der Waals surface area contributed by atoms with Crippen molar-refractivity contribution < 1.29 is 13.9 Å². The number of ether oxygens (including phenoxy) is 1. The molecular weight excluding hydrogens is 259 g/mol.